The maximum Gasteiger partial charge on any atom is 0.244 e. The number of amides is 1. The van der Waals surface area contributed by atoms with Gasteiger partial charge in [0.15, 0.2) is 11.5 Å². The van der Waals surface area contributed by atoms with Crippen molar-refractivity contribution in [2.75, 3.05) is 27.4 Å². The predicted octanol–water partition coefficient (Wildman–Crippen LogP) is 2.85. The van der Waals surface area contributed by atoms with E-state index in [-0.39, 0.29) is 18.7 Å². The topological polar surface area (TPSA) is 50.8 Å². The highest BCUT2D eigenvalue weighted by molar-refractivity contribution is 5.91. The molecule has 130 valence electrons. The van der Waals surface area contributed by atoms with Gasteiger partial charge >= 0.3 is 0 Å². The molecular weight excluding hydrogens is 316 g/mol. The molecule has 5 nitrogen and oxygen atoms in total. The van der Waals surface area contributed by atoms with Crippen LogP contribution < -0.4 is 14.8 Å². The number of hydrogen-bond donors (Lipinski definition) is 1. The first-order valence-corrected chi connectivity index (χ1v) is 8.20. The van der Waals surface area contributed by atoms with Crippen LogP contribution in [0.15, 0.2) is 54.6 Å². The minimum absolute atomic E-state index is 0.125. The van der Waals surface area contributed by atoms with E-state index in [1.54, 1.807) is 6.08 Å². The molecule has 1 unspecified atom stereocenters. The molecule has 1 N–H and O–H groups in total. The van der Waals surface area contributed by atoms with Gasteiger partial charge in [-0.25, -0.2) is 0 Å². The average molecular weight is 338 g/mol. The van der Waals surface area contributed by atoms with Gasteiger partial charge in [-0.05, 0) is 43.4 Å². The van der Waals surface area contributed by atoms with Crippen molar-refractivity contribution in [1.29, 1.82) is 0 Å². The Labute approximate surface area is 147 Å². The molecule has 0 aromatic heterocycles. The summed E-state index contributed by atoms with van der Waals surface area (Å²) in [7, 11) is 4.01. The molecular formula is C20H22N2O3. The van der Waals surface area contributed by atoms with E-state index >= 15 is 0 Å². The molecule has 0 spiro atoms. The van der Waals surface area contributed by atoms with Crippen molar-refractivity contribution in [2.24, 2.45) is 0 Å². The number of rotatable bonds is 6. The summed E-state index contributed by atoms with van der Waals surface area (Å²) in [6, 6.07) is 15.9. The Morgan fingerprint density at radius 1 is 1.16 bits per heavy atom. The molecule has 25 heavy (non-hydrogen) atoms. The molecule has 1 heterocycles. The van der Waals surface area contributed by atoms with Crippen LogP contribution in [0.1, 0.15) is 17.2 Å². The van der Waals surface area contributed by atoms with Crippen LogP contribution in [-0.4, -0.2) is 38.2 Å². The molecule has 0 fully saturated rings. The molecule has 0 bridgehead atoms. The van der Waals surface area contributed by atoms with Crippen LogP contribution in [-0.2, 0) is 4.79 Å². The van der Waals surface area contributed by atoms with Gasteiger partial charge in [-0.2, -0.15) is 0 Å². The minimum atomic E-state index is -0.125. The predicted molar refractivity (Wildman–Crippen MR) is 97.5 cm³/mol. The molecule has 1 aliphatic rings. The van der Waals surface area contributed by atoms with Crippen LogP contribution in [0.4, 0.5) is 0 Å². The summed E-state index contributed by atoms with van der Waals surface area (Å²) >= 11 is 0. The monoisotopic (exact) mass is 338 g/mol. The zero-order chi connectivity index (χ0) is 17.6. The van der Waals surface area contributed by atoms with Gasteiger partial charge in [0.1, 0.15) is 0 Å². The molecule has 2 aromatic rings. The standard InChI is InChI=1S/C20H22N2O3/c1-22(2)17(16-6-4-3-5-7-16)13-21-20(23)11-9-15-8-10-18-19(12-15)25-14-24-18/h3-12,17H,13-14H2,1-2H3,(H,21,23). The Morgan fingerprint density at radius 3 is 2.68 bits per heavy atom. The summed E-state index contributed by atoms with van der Waals surface area (Å²) in [5.41, 5.74) is 2.07. The smallest absolute Gasteiger partial charge is 0.244 e. The molecule has 5 heteroatoms. The number of hydrogen-bond acceptors (Lipinski definition) is 4. The second-order valence-electron chi connectivity index (χ2n) is 6.08. The lowest BCUT2D eigenvalue weighted by Crippen LogP contribution is -2.33. The average Bonchev–Trinajstić information content (AvgIpc) is 3.08. The van der Waals surface area contributed by atoms with E-state index < -0.39 is 0 Å². The van der Waals surface area contributed by atoms with E-state index in [1.807, 2.05) is 50.5 Å². The summed E-state index contributed by atoms with van der Waals surface area (Å²) in [5, 5.41) is 2.96. The molecule has 0 aliphatic carbocycles. The van der Waals surface area contributed by atoms with Crippen molar-refractivity contribution in [3.05, 3.63) is 65.7 Å². The van der Waals surface area contributed by atoms with E-state index in [4.69, 9.17) is 9.47 Å². The van der Waals surface area contributed by atoms with E-state index in [1.165, 1.54) is 11.6 Å². The molecule has 1 atom stereocenters. The molecule has 2 aromatic carbocycles. The molecule has 3 rings (SSSR count). The third-order valence-corrected chi connectivity index (χ3v) is 4.10. The molecule has 0 radical (unpaired) electrons. The SMILES string of the molecule is CN(C)C(CNC(=O)C=Cc1ccc2c(c1)OCO2)c1ccccc1. The van der Waals surface area contributed by atoms with Gasteiger partial charge < -0.3 is 19.7 Å². The fraction of sp³-hybridized carbons (Fsp3) is 0.250. The number of fused-ring (bicyclic) bond motifs is 1. The lowest BCUT2D eigenvalue weighted by atomic mass is 10.1. The van der Waals surface area contributed by atoms with Gasteiger partial charge in [0.05, 0.1) is 6.04 Å². The maximum atomic E-state index is 12.1. The van der Waals surface area contributed by atoms with Crippen LogP contribution in [0.5, 0.6) is 11.5 Å². The minimum Gasteiger partial charge on any atom is -0.454 e. The van der Waals surface area contributed by atoms with Crippen LogP contribution in [0.2, 0.25) is 0 Å². The summed E-state index contributed by atoms with van der Waals surface area (Å²) in [4.78, 5) is 14.2. The number of nitrogens with zero attached hydrogens (tertiary/aromatic N) is 1. The van der Waals surface area contributed by atoms with Crippen LogP contribution >= 0.6 is 0 Å². The Morgan fingerprint density at radius 2 is 1.92 bits per heavy atom. The van der Waals surface area contributed by atoms with Gasteiger partial charge in [0, 0.05) is 12.6 Å². The summed E-state index contributed by atoms with van der Waals surface area (Å²) < 4.78 is 10.6. The van der Waals surface area contributed by atoms with Crippen LogP contribution in [0.3, 0.4) is 0 Å². The van der Waals surface area contributed by atoms with Gasteiger partial charge in [0.2, 0.25) is 12.7 Å². The van der Waals surface area contributed by atoms with Gasteiger partial charge in [0.25, 0.3) is 0 Å². The van der Waals surface area contributed by atoms with Crippen molar-refractivity contribution >= 4 is 12.0 Å². The molecule has 0 saturated heterocycles. The quantitative estimate of drug-likeness (QED) is 0.823. The van der Waals surface area contributed by atoms with Gasteiger partial charge in [-0.3, -0.25) is 4.79 Å². The van der Waals surface area contributed by atoms with Crippen molar-refractivity contribution < 1.29 is 14.3 Å². The normalized spacial score (nSPS) is 14.0. The number of benzene rings is 2. The lowest BCUT2D eigenvalue weighted by molar-refractivity contribution is -0.116. The van der Waals surface area contributed by atoms with Crippen molar-refractivity contribution in [2.45, 2.75) is 6.04 Å². The summed E-state index contributed by atoms with van der Waals surface area (Å²) in [6.07, 6.45) is 3.31. The second-order valence-corrected chi connectivity index (χ2v) is 6.08. The van der Waals surface area contributed by atoms with E-state index in [9.17, 15) is 4.79 Å². The zero-order valence-electron chi connectivity index (χ0n) is 14.4. The van der Waals surface area contributed by atoms with E-state index in [0.717, 1.165) is 11.3 Å². The molecule has 1 amide bonds. The Bertz CT molecular complexity index is 757. The number of ether oxygens (including phenoxy) is 2. The fourth-order valence-corrected chi connectivity index (χ4v) is 2.72. The van der Waals surface area contributed by atoms with Crippen molar-refractivity contribution in [3.63, 3.8) is 0 Å². The van der Waals surface area contributed by atoms with Gasteiger partial charge in [-0.15, -0.1) is 0 Å². The second kappa shape index (κ2) is 7.85. The number of nitrogens with one attached hydrogen (secondary N) is 1. The van der Waals surface area contributed by atoms with Crippen LogP contribution in [0.25, 0.3) is 6.08 Å². The Kier molecular flexibility index (Phi) is 5.36. The van der Waals surface area contributed by atoms with E-state index in [0.29, 0.717) is 12.3 Å². The van der Waals surface area contributed by atoms with Crippen molar-refractivity contribution in [1.82, 2.24) is 10.2 Å². The number of carbonyl (C=O) groups excluding carboxylic acids is 1. The third kappa shape index (κ3) is 4.39. The lowest BCUT2D eigenvalue weighted by Gasteiger charge is -2.24. The molecule has 1 aliphatic heterocycles. The zero-order valence-corrected chi connectivity index (χ0v) is 14.4. The van der Waals surface area contributed by atoms with Gasteiger partial charge in [-0.1, -0.05) is 36.4 Å². The molecule has 0 saturated carbocycles. The largest absolute Gasteiger partial charge is 0.454 e. The summed E-state index contributed by atoms with van der Waals surface area (Å²) in [6.45, 7) is 0.787. The highest BCUT2D eigenvalue weighted by Crippen LogP contribution is 2.32. The number of likely N-dealkylation sites (N-methyl/N-ethyl adjacent to an activating group) is 1. The fourth-order valence-electron chi connectivity index (χ4n) is 2.72. The first-order valence-electron chi connectivity index (χ1n) is 8.20. The Hall–Kier alpha value is -2.79. The third-order valence-electron chi connectivity index (χ3n) is 4.10. The maximum absolute atomic E-state index is 12.1. The highest BCUT2D eigenvalue weighted by Gasteiger charge is 2.14. The highest BCUT2D eigenvalue weighted by atomic mass is 16.7. The van der Waals surface area contributed by atoms with Crippen LogP contribution in [0, 0.1) is 0 Å². The van der Waals surface area contributed by atoms with Crippen molar-refractivity contribution in [3.8, 4) is 11.5 Å². The summed E-state index contributed by atoms with van der Waals surface area (Å²) in [5.74, 6) is 1.32. The van der Waals surface area contributed by atoms with E-state index in [2.05, 4.69) is 22.3 Å². The first-order chi connectivity index (χ1) is 12.1. The number of carbonyl (C=O) groups is 1. The Balaban J connectivity index is 1.58. The first kappa shape index (κ1) is 17.0.